The number of aromatic hydroxyl groups is 1. The molecule has 3 N–H and O–H groups in total. The van der Waals surface area contributed by atoms with Gasteiger partial charge in [0, 0.05) is 11.6 Å². The molecule has 0 radical (unpaired) electrons. The number of nitrogens with two attached hydrogens (primary N) is 1. The summed E-state index contributed by atoms with van der Waals surface area (Å²) in [5.41, 5.74) is 6.59. The van der Waals surface area contributed by atoms with Crippen molar-refractivity contribution in [2.45, 2.75) is 25.8 Å². The van der Waals surface area contributed by atoms with Gasteiger partial charge in [0.15, 0.2) is 0 Å². The van der Waals surface area contributed by atoms with Crippen LogP contribution in [0.4, 0.5) is 0 Å². The van der Waals surface area contributed by atoms with E-state index in [1.54, 1.807) is 12.1 Å². The van der Waals surface area contributed by atoms with Crippen molar-refractivity contribution in [1.82, 2.24) is 0 Å². The maximum absolute atomic E-state index is 9.58. The lowest BCUT2D eigenvalue weighted by Gasteiger charge is -2.12. The Morgan fingerprint density at radius 1 is 1.50 bits per heavy atom. The molecule has 0 aliphatic heterocycles. The predicted octanol–water partition coefficient (Wildman–Crippen LogP) is 3.27. The van der Waals surface area contributed by atoms with Gasteiger partial charge in [-0.25, -0.2) is 0 Å². The van der Waals surface area contributed by atoms with Gasteiger partial charge in [-0.2, -0.15) is 0 Å². The van der Waals surface area contributed by atoms with E-state index in [9.17, 15) is 5.11 Å². The Morgan fingerprint density at radius 2 is 2.14 bits per heavy atom. The number of para-hydroxylation sites is 1. The summed E-state index contributed by atoms with van der Waals surface area (Å²) >= 11 is 5.75. The number of phenolic OH excluding ortho intramolecular Hbond substituents is 1. The van der Waals surface area contributed by atoms with E-state index >= 15 is 0 Å². The SMILES string of the molecule is CCC[C@H](N)c1cccc(Cl)c1O.Cl. The average molecular weight is 236 g/mol. The molecule has 0 spiro atoms. The van der Waals surface area contributed by atoms with Crippen LogP contribution in [-0.2, 0) is 0 Å². The largest absolute Gasteiger partial charge is 0.506 e. The maximum atomic E-state index is 9.58. The van der Waals surface area contributed by atoms with Crippen LogP contribution in [0.5, 0.6) is 5.75 Å². The van der Waals surface area contributed by atoms with E-state index in [4.69, 9.17) is 17.3 Å². The summed E-state index contributed by atoms with van der Waals surface area (Å²) in [7, 11) is 0. The monoisotopic (exact) mass is 235 g/mol. The zero-order valence-corrected chi connectivity index (χ0v) is 9.61. The zero-order chi connectivity index (χ0) is 9.84. The van der Waals surface area contributed by atoms with E-state index in [1.165, 1.54) is 0 Å². The molecule has 0 unspecified atom stereocenters. The molecule has 14 heavy (non-hydrogen) atoms. The number of hydrogen-bond acceptors (Lipinski definition) is 2. The van der Waals surface area contributed by atoms with Gasteiger partial charge in [-0.15, -0.1) is 12.4 Å². The van der Waals surface area contributed by atoms with Crippen LogP contribution in [0.15, 0.2) is 18.2 Å². The summed E-state index contributed by atoms with van der Waals surface area (Å²) in [6.07, 6.45) is 1.85. The van der Waals surface area contributed by atoms with Gasteiger partial charge in [0.25, 0.3) is 0 Å². The molecule has 4 heteroatoms. The summed E-state index contributed by atoms with van der Waals surface area (Å²) in [4.78, 5) is 0. The second-order valence-electron chi connectivity index (χ2n) is 3.07. The van der Waals surface area contributed by atoms with Crippen molar-refractivity contribution in [3.05, 3.63) is 28.8 Å². The fourth-order valence-electron chi connectivity index (χ4n) is 1.30. The van der Waals surface area contributed by atoms with Crippen LogP contribution in [0, 0.1) is 0 Å². The van der Waals surface area contributed by atoms with Gasteiger partial charge in [0.2, 0.25) is 0 Å². The summed E-state index contributed by atoms with van der Waals surface area (Å²) < 4.78 is 0. The minimum Gasteiger partial charge on any atom is -0.506 e. The number of hydrogen-bond donors (Lipinski definition) is 2. The molecule has 2 nitrogen and oxygen atoms in total. The second-order valence-corrected chi connectivity index (χ2v) is 3.48. The summed E-state index contributed by atoms with van der Waals surface area (Å²) in [5, 5.41) is 9.95. The van der Waals surface area contributed by atoms with E-state index in [2.05, 4.69) is 6.92 Å². The summed E-state index contributed by atoms with van der Waals surface area (Å²) in [5.74, 6) is 0.116. The van der Waals surface area contributed by atoms with Gasteiger partial charge in [-0.3, -0.25) is 0 Å². The number of rotatable bonds is 3. The quantitative estimate of drug-likeness (QED) is 0.845. The molecule has 1 rings (SSSR count). The Bertz CT molecular complexity index is 291. The first-order chi connectivity index (χ1) is 6.16. The molecule has 80 valence electrons. The molecule has 0 heterocycles. The Labute approximate surface area is 95.5 Å². The van der Waals surface area contributed by atoms with Crippen molar-refractivity contribution in [1.29, 1.82) is 0 Å². The average Bonchev–Trinajstić information content (AvgIpc) is 2.10. The number of phenols is 1. The zero-order valence-electron chi connectivity index (χ0n) is 8.03. The van der Waals surface area contributed by atoms with E-state index < -0.39 is 0 Å². The molecule has 1 aromatic carbocycles. The van der Waals surface area contributed by atoms with Crippen molar-refractivity contribution in [2.75, 3.05) is 0 Å². The van der Waals surface area contributed by atoms with Gasteiger partial charge in [-0.05, 0) is 12.5 Å². The van der Waals surface area contributed by atoms with Crippen LogP contribution in [0.1, 0.15) is 31.4 Å². The molecule has 1 atom stereocenters. The maximum Gasteiger partial charge on any atom is 0.138 e. The lowest BCUT2D eigenvalue weighted by molar-refractivity contribution is 0.458. The van der Waals surface area contributed by atoms with E-state index in [0.717, 1.165) is 18.4 Å². The van der Waals surface area contributed by atoms with Gasteiger partial charge in [-0.1, -0.05) is 37.1 Å². The topological polar surface area (TPSA) is 46.2 Å². The van der Waals surface area contributed by atoms with Crippen LogP contribution in [-0.4, -0.2) is 5.11 Å². The second kappa shape index (κ2) is 6.12. The van der Waals surface area contributed by atoms with Gasteiger partial charge in [0.1, 0.15) is 5.75 Å². The van der Waals surface area contributed by atoms with Crippen LogP contribution >= 0.6 is 24.0 Å². The molecule has 0 aromatic heterocycles. The van der Waals surface area contributed by atoms with Crippen LogP contribution in [0.2, 0.25) is 5.02 Å². The summed E-state index contributed by atoms with van der Waals surface area (Å²) in [6.45, 7) is 2.06. The Hall–Kier alpha value is -0.440. The highest BCUT2D eigenvalue weighted by Gasteiger charge is 2.11. The Kier molecular flexibility index (Phi) is 5.93. The third-order valence-corrected chi connectivity index (χ3v) is 2.32. The molecule has 0 aliphatic carbocycles. The molecule has 0 bridgehead atoms. The molecular weight excluding hydrogens is 221 g/mol. The summed E-state index contributed by atoms with van der Waals surface area (Å²) in [6, 6.07) is 5.14. The molecular formula is C10H15Cl2NO. The van der Waals surface area contributed by atoms with E-state index in [0.29, 0.717) is 5.02 Å². The number of halogens is 2. The minimum atomic E-state index is -0.122. The third-order valence-electron chi connectivity index (χ3n) is 2.02. The van der Waals surface area contributed by atoms with Crippen molar-refractivity contribution in [3.63, 3.8) is 0 Å². The Balaban J connectivity index is 0.00000169. The van der Waals surface area contributed by atoms with E-state index in [-0.39, 0.29) is 24.2 Å². The minimum absolute atomic E-state index is 0. The van der Waals surface area contributed by atoms with Crippen LogP contribution in [0.3, 0.4) is 0 Å². The first-order valence-electron chi connectivity index (χ1n) is 4.39. The molecule has 0 saturated carbocycles. The van der Waals surface area contributed by atoms with E-state index in [1.807, 2.05) is 6.07 Å². The highest BCUT2D eigenvalue weighted by atomic mass is 35.5. The van der Waals surface area contributed by atoms with Crippen molar-refractivity contribution >= 4 is 24.0 Å². The van der Waals surface area contributed by atoms with Crippen molar-refractivity contribution in [3.8, 4) is 5.75 Å². The van der Waals surface area contributed by atoms with Gasteiger partial charge < -0.3 is 10.8 Å². The predicted molar refractivity (Wildman–Crippen MR) is 62.2 cm³/mol. The molecule has 0 amide bonds. The highest BCUT2D eigenvalue weighted by molar-refractivity contribution is 6.32. The van der Waals surface area contributed by atoms with Crippen LogP contribution in [0.25, 0.3) is 0 Å². The standard InChI is InChI=1S/C10H14ClNO.ClH/c1-2-4-9(12)7-5-3-6-8(11)10(7)13;/h3,5-6,9,13H,2,4,12H2,1H3;1H/t9-;/m0./s1. The van der Waals surface area contributed by atoms with Crippen LogP contribution < -0.4 is 5.73 Å². The Morgan fingerprint density at radius 3 is 2.71 bits per heavy atom. The van der Waals surface area contributed by atoms with Crippen molar-refractivity contribution < 1.29 is 5.11 Å². The lowest BCUT2D eigenvalue weighted by Crippen LogP contribution is -2.09. The molecule has 0 aliphatic rings. The molecule has 1 aromatic rings. The number of benzene rings is 1. The first-order valence-corrected chi connectivity index (χ1v) is 4.77. The first kappa shape index (κ1) is 13.6. The molecule has 0 fully saturated rings. The third kappa shape index (κ3) is 3.05. The lowest BCUT2D eigenvalue weighted by atomic mass is 10.0. The fourth-order valence-corrected chi connectivity index (χ4v) is 1.48. The van der Waals surface area contributed by atoms with Gasteiger partial charge in [0.05, 0.1) is 5.02 Å². The van der Waals surface area contributed by atoms with Gasteiger partial charge >= 0.3 is 0 Å². The fraction of sp³-hybridized carbons (Fsp3) is 0.400. The smallest absolute Gasteiger partial charge is 0.138 e. The molecule has 0 saturated heterocycles. The normalized spacial score (nSPS) is 11.9. The van der Waals surface area contributed by atoms with Crippen molar-refractivity contribution in [2.24, 2.45) is 5.73 Å². The highest BCUT2D eigenvalue weighted by Crippen LogP contribution is 2.31.